The first-order valence-corrected chi connectivity index (χ1v) is 21.3. The molecule has 0 saturated carbocycles. The van der Waals surface area contributed by atoms with Gasteiger partial charge in [-0.15, -0.1) is 0 Å². The topological polar surface area (TPSA) is 13.1 Å². The maximum Gasteiger partial charge on any atom is 0.136 e. The Morgan fingerprint density at radius 3 is 1.72 bits per heavy atom. The summed E-state index contributed by atoms with van der Waals surface area (Å²) < 4.78 is 6.34. The lowest BCUT2D eigenvalue weighted by Crippen LogP contribution is -2.31. The lowest BCUT2D eigenvalue weighted by Gasteiger charge is -2.22. The van der Waals surface area contributed by atoms with Crippen LogP contribution in [0, 0.1) is 0 Å². The second kappa shape index (κ2) is 12.4. The molecule has 0 spiro atoms. The molecular weight excluding hydrogens is 725 g/mol. The van der Waals surface area contributed by atoms with E-state index in [2.05, 4.69) is 190 Å². The molecule has 0 bridgehead atoms. The summed E-state index contributed by atoms with van der Waals surface area (Å²) in [6.07, 6.45) is 7.07. The fourth-order valence-corrected chi connectivity index (χ4v) is 11.0. The fraction of sp³-hybridized carbons (Fsp3) is 0.0847. The number of hydrogen-bond acceptors (Lipinski definition) is 1. The van der Waals surface area contributed by atoms with Gasteiger partial charge in [-0.2, -0.15) is 0 Å². The molecule has 0 unspecified atom stereocenters. The highest BCUT2D eigenvalue weighted by Gasteiger charge is 2.36. The van der Waals surface area contributed by atoms with Crippen molar-refractivity contribution in [3.63, 3.8) is 0 Å². The Bertz CT molecular complexity index is 3790. The summed E-state index contributed by atoms with van der Waals surface area (Å²) in [7, 11) is 0. The lowest BCUT2D eigenvalue weighted by molar-refractivity contribution is 0.661. The Balaban J connectivity index is 1.01. The van der Waals surface area contributed by atoms with E-state index in [1.54, 1.807) is 0 Å². The molecule has 282 valence electrons. The van der Waals surface area contributed by atoms with Crippen LogP contribution in [-0.4, -0.2) is 0 Å². The van der Waals surface area contributed by atoms with E-state index in [0.29, 0.717) is 0 Å². The van der Waals surface area contributed by atoms with Crippen molar-refractivity contribution in [1.82, 2.24) is 0 Å². The van der Waals surface area contributed by atoms with Gasteiger partial charge in [0.25, 0.3) is 0 Å². The first kappa shape index (κ1) is 33.7. The van der Waals surface area contributed by atoms with Crippen molar-refractivity contribution in [3.8, 4) is 44.5 Å². The van der Waals surface area contributed by atoms with Crippen molar-refractivity contribution in [3.05, 3.63) is 191 Å². The highest BCUT2D eigenvalue weighted by atomic mass is 16.3. The van der Waals surface area contributed by atoms with E-state index >= 15 is 0 Å². The summed E-state index contributed by atoms with van der Waals surface area (Å²) in [5.41, 5.74) is 14.9. The number of furan rings is 1. The molecule has 0 radical (unpaired) electrons. The third-order valence-electron chi connectivity index (χ3n) is 13.9. The molecule has 10 aromatic carbocycles. The van der Waals surface area contributed by atoms with Gasteiger partial charge in [-0.05, 0) is 158 Å². The predicted molar refractivity (Wildman–Crippen MR) is 255 cm³/mol. The van der Waals surface area contributed by atoms with Crippen LogP contribution in [0.4, 0.5) is 0 Å². The Hall–Kier alpha value is -7.22. The third kappa shape index (κ3) is 4.69. The minimum Gasteiger partial charge on any atom is -0.456 e. The van der Waals surface area contributed by atoms with E-state index in [1.165, 1.54) is 120 Å². The monoisotopic (exact) mass is 764 g/mol. The van der Waals surface area contributed by atoms with Gasteiger partial charge in [-0.25, -0.2) is 0 Å². The van der Waals surface area contributed by atoms with E-state index < -0.39 is 0 Å². The Kier molecular flexibility index (Phi) is 6.97. The molecular formula is C59H40O. The third-order valence-corrected chi connectivity index (χ3v) is 13.9. The minimum absolute atomic E-state index is 0.122. The van der Waals surface area contributed by atoms with Crippen molar-refractivity contribution in [2.45, 2.75) is 32.1 Å². The summed E-state index contributed by atoms with van der Waals surface area (Å²) in [6.45, 7) is 4.76. The van der Waals surface area contributed by atoms with Gasteiger partial charge < -0.3 is 4.42 Å². The Morgan fingerprint density at radius 2 is 0.950 bits per heavy atom. The molecule has 0 fully saturated rings. The Labute approximate surface area is 348 Å². The number of para-hydroxylation sites is 1. The molecule has 1 aromatic heterocycles. The van der Waals surface area contributed by atoms with Crippen LogP contribution in [0.15, 0.2) is 174 Å². The maximum absolute atomic E-state index is 6.34. The zero-order chi connectivity index (χ0) is 39.7. The van der Waals surface area contributed by atoms with Crippen LogP contribution in [0.25, 0.3) is 122 Å². The highest BCUT2D eigenvalue weighted by Crippen LogP contribution is 2.52. The normalized spacial score (nSPS) is 14.1. The van der Waals surface area contributed by atoms with Gasteiger partial charge in [0, 0.05) is 16.2 Å². The van der Waals surface area contributed by atoms with E-state index in [0.717, 1.165) is 24.0 Å². The van der Waals surface area contributed by atoms with E-state index in [9.17, 15) is 0 Å². The van der Waals surface area contributed by atoms with Gasteiger partial charge in [-0.3, -0.25) is 0 Å². The second-order valence-electron chi connectivity index (χ2n) is 17.4. The van der Waals surface area contributed by atoms with Gasteiger partial charge in [0.05, 0.1) is 0 Å². The first-order chi connectivity index (χ1) is 29.5. The molecule has 0 atom stereocenters. The van der Waals surface area contributed by atoms with Gasteiger partial charge in [0.1, 0.15) is 11.2 Å². The van der Waals surface area contributed by atoms with Crippen LogP contribution in [0.1, 0.15) is 37.8 Å². The van der Waals surface area contributed by atoms with E-state index in [4.69, 9.17) is 4.42 Å². The average molecular weight is 765 g/mol. The molecule has 1 heteroatoms. The predicted octanol–water partition coefficient (Wildman–Crippen LogP) is 14.9. The molecule has 60 heavy (non-hydrogen) atoms. The summed E-state index contributed by atoms with van der Waals surface area (Å²) in [6, 6.07) is 63.4. The van der Waals surface area contributed by atoms with Crippen LogP contribution in [0.5, 0.6) is 0 Å². The van der Waals surface area contributed by atoms with Crippen LogP contribution in [0.2, 0.25) is 0 Å². The summed E-state index contributed by atoms with van der Waals surface area (Å²) >= 11 is 0. The molecule has 11 aromatic rings. The van der Waals surface area contributed by atoms with Crippen LogP contribution < -0.4 is 10.4 Å². The summed E-state index contributed by atoms with van der Waals surface area (Å²) in [4.78, 5) is 0. The summed E-state index contributed by atoms with van der Waals surface area (Å²) in [5.74, 6) is 0. The number of benzene rings is 10. The maximum atomic E-state index is 6.34. The van der Waals surface area contributed by atoms with Crippen molar-refractivity contribution in [1.29, 1.82) is 0 Å². The largest absolute Gasteiger partial charge is 0.456 e. The lowest BCUT2D eigenvalue weighted by atomic mass is 9.81. The zero-order valence-electron chi connectivity index (χ0n) is 33.6. The fourth-order valence-electron chi connectivity index (χ4n) is 11.0. The Morgan fingerprint density at radius 1 is 0.367 bits per heavy atom. The van der Waals surface area contributed by atoms with Crippen molar-refractivity contribution >= 4 is 77.2 Å². The molecule has 0 N–H and O–H groups in total. The quantitative estimate of drug-likeness (QED) is 0.175. The van der Waals surface area contributed by atoms with E-state index in [-0.39, 0.29) is 5.41 Å². The highest BCUT2D eigenvalue weighted by molar-refractivity contribution is 6.15. The van der Waals surface area contributed by atoms with Crippen molar-refractivity contribution in [2.75, 3.05) is 0 Å². The van der Waals surface area contributed by atoms with E-state index in [1.807, 2.05) is 6.07 Å². The molecule has 0 aliphatic heterocycles. The summed E-state index contributed by atoms with van der Waals surface area (Å²) in [5, 5.41) is 15.2. The van der Waals surface area contributed by atoms with Crippen molar-refractivity contribution in [2.24, 2.45) is 0 Å². The minimum atomic E-state index is -0.122. The average Bonchev–Trinajstić information content (AvgIpc) is 3.76. The number of rotatable bonds is 3. The number of fused-ring (bicyclic) bond motifs is 11. The smallest absolute Gasteiger partial charge is 0.136 e. The van der Waals surface area contributed by atoms with Gasteiger partial charge in [0.2, 0.25) is 0 Å². The zero-order valence-corrected chi connectivity index (χ0v) is 33.6. The van der Waals surface area contributed by atoms with Gasteiger partial charge >= 0.3 is 0 Å². The number of hydrogen-bond donors (Lipinski definition) is 0. The molecule has 1 nitrogen and oxygen atoms in total. The standard InChI is InChI=1S/C59H40O/c1-59(2)53-29-26-36(30-50(53)51-31-38-34-56-52(32-37(38)33-54(51)59)43-19-11-12-25-55(43)60-56)40-27-28-49(42-18-6-5-17-41(40)42)58-47-22-9-7-20-45(47)57(46-21-8-10-23-48(46)58)44-24-13-15-35-14-3-4-16-39(35)44/h3-7,9,11-34H,8,10H2,1-2H3. The van der Waals surface area contributed by atoms with Gasteiger partial charge in [-0.1, -0.05) is 159 Å². The molecule has 2 aliphatic carbocycles. The van der Waals surface area contributed by atoms with Crippen LogP contribution in [-0.2, 0) is 5.41 Å². The van der Waals surface area contributed by atoms with Gasteiger partial charge in [0.15, 0.2) is 0 Å². The first-order valence-electron chi connectivity index (χ1n) is 21.3. The molecule has 2 aliphatic rings. The van der Waals surface area contributed by atoms with Crippen LogP contribution in [0.3, 0.4) is 0 Å². The second-order valence-corrected chi connectivity index (χ2v) is 17.4. The SMILES string of the molecule is CC1(C)c2ccc(-c3ccc(-c4c5c(c(-c6cccc7ccccc67)c6ccccc46)=CCCC=5)c4ccccc34)cc2-c2cc3cc4oc5ccccc5c4cc3cc21. The van der Waals surface area contributed by atoms with Crippen molar-refractivity contribution < 1.29 is 4.42 Å². The molecule has 0 amide bonds. The molecule has 1 heterocycles. The molecule has 13 rings (SSSR count). The van der Waals surface area contributed by atoms with Crippen LogP contribution >= 0.6 is 0 Å². The molecule has 0 saturated heterocycles.